The molecule has 15 heavy (non-hydrogen) atoms. The second-order valence-corrected chi connectivity index (χ2v) is 5.23. The summed E-state index contributed by atoms with van der Waals surface area (Å²) in [6.07, 6.45) is 1.29. The normalized spacial score (nSPS) is 12.7. The van der Waals surface area contributed by atoms with Gasteiger partial charge in [-0.2, -0.15) is 0 Å². The van der Waals surface area contributed by atoms with Gasteiger partial charge >= 0.3 is 0 Å². The summed E-state index contributed by atoms with van der Waals surface area (Å²) in [4.78, 5) is 5.18. The van der Waals surface area contributed by atoms with Crippen molar-refractivity contribution in [2.24, 2.45) is 0 Å². The topological polar surface area (TPSA) is 33.1 Å². The van der Waals surface area contributed by atoms with Gasteiger partial charge in [-0.15, -0.1) is 11.3 Å². The van der Waals surface area contributed by atoms with E-state index in [-0.39, 0.29) is 0 Å². The largest absolute Gasteiger partial charge is 0.388 e. The van der Waals surface area contributed by atoms with Gasteiger partial charge in [0.05, 0.1) is 11.0 Å². The molecule has 0 fully saturated rings. The maximum Gasteiger partial charge on any atom is 0.123 e. The van der Waals surface area contributed by atoms with Crippen molar-refractivity contribution in [1.29, 1.82) is 0 Å². The summed E-state index contributed by atoms with van der Waals surface area (Å²) < 4.78 is 1.04. The zero-order chi connectivity index (χ0) is 10.8. The molecule has 0 radical (unpaired) electrons. The van der Waals surface area contributed by atoms with E-state index < -0.39 is 6.10 Å². The van der Waals surface area contributed by atoms with Crippen LogP contribution >= 0.6 is 27.3 Å². The third-order valence-electron chi connectivity index (χ3n) is 2.01. The van der Waals surface area contributed by atoms with E-state index in [0.717, 1.165) is 19.9 Å². The molecule has 0 aliphatic rings. The highest BCUT2D eigenvalue weighted by Crippen LogP contribution is 2.29. The third kappa shape index (κ3) is 2.45. The molecule has 0 bridgehead atoms. The van der Waals surface area contributed by atoms with Crippen LogP contribution in [-0.4, -0.2) is 10.1 Å². The highest BCUT2D eigenvalue weighted by molar-refractivity contribution is 9.10. The van der Waals surface area contributed by atoms with Crippen molar-refractivity contribution in [3.8, 4) is 10.6 Å². The number of halogens is 1. The molecule has 2 nitrogen and oxygen atoms in total. The van der Waals surface area contributed by atoms with E-state index in [0.29, 0.717) is 0 Å². The summed E-state index contributed by atoms with van der Waals surface area (Å²) in [7, 11) is 0. The molecule has 1 N–H and O–H groups in total. The van der Waals surface area contributed by atoms with Gasteiger partial charge in [0.15, 0.2) is 0 Å². The summed E-state index contributed by atoms with van der Waals surface area (Å²) in [6.45, 7) is 1.75. The first-order chi connectivity index (χ1) is 7.16. The van der Waals surface area contributed by atoms with Gasteiger partial charge in [-0.1, -0.05) is 28.1 Å². The van der Waals surface area contributed by atoms with Crippen molar-refractivity contribution in [2.75, 3.05) is 0 Å². The van der Waals surface area contributed by atoms with Gasteiger partial charge in [0, 0.05) is 16.2 Å². The molecular formula is C11H10BrNOS. The fraction of sp³-hybridized carbons (Fsp3) is 0.182. The molecule has 0 saturated heterocycles. The minimum Gasteiger partial charge on any atom is -0.388 e. The van der Waals surface area contributed by atoms with Crippen LogP contribution in [0, 0.1) is 0 Å². The SMILES string of the molecule is CC(O)c1cnc(-c2cccc(Br)c2)s1. The molecule has 0 saturated carbocycles. The number of aliphatic hydroxyl groups excluding tert-OH is 1. The second-order valence-electron chi connectivity index (χ2n) is 3.25. The molecule has 1 aromatic heterocycles. The van der Waals surface area contributed by atoms with Crippen LogP contribution in [0.3, 0.4) is 0 Å². The molecule has 4 heteroatoms. The highest BCUT2D eigenvalue weighted by Gasteiger charge is 2.08. The first-order valence-corrected chi connectivity index (χ1v) is 6.17. The van der Waals surface area contributed by atoms with E-state index in [1.807, 2.05) is 24.3 Å². The van der Waals surface area contributed by atoms with Crippen molar-refractivity contribution >= 4 is 27.3 Å². The van der Waals surface area contributed by atoms with E-state index >= 15 is 0 Å². The van der Waals surface area contributed by atoms with Crippen LogP contribution in [0.5, 0.6) is 0 Å². The van der Waals surface area contributed by atoms with Gasteiger partial charge in [0.25, 0.3) is 0 Å². The predicted octanol–water partition coefficient (Wildman–Crippen LogP) is 3.63. The number of benzene rings is 1. The van der Waals surface area contributed by atoms with E-state index in [2.05, 4.69) is 20.9 Å². The monoisotopic (exact) mass is 283 g/mol. The van der Waals surface area contributed by atoms with Crippen molar-refractivity contribution in [1.82, 2.24) is 4.98 Å². The van der Waals surface area contributed by atoms with Gasteiger partial charge in [0.1, 0.15) is 5.01 Å². The summed E-state index contributed by atoms with van der Waals surface area (Å²) in [5, 5.41) is 10.3. The number of aliphatic hydroxyl groups is 1. The number of nitrogens with zero attached hydrogens (tertiary/aromatic N) is 1. The Kier molecular flexibility index (Phi) is 3.19. The zero-order valence-corrected chi connectivity index (χ0v) is 10.5. The Labute approximate surface area is 101 Å². The first kappa shape index (κ1) is 10.8. The first-order valence-electron chi connectivity index (χ1n) is 4.56. The van der Waals surface area contributed by atoms with Gasteiger partial charge in [-0.25, -0.2) is 4.98 Å². The minimum atomic E-state index is -0.441. The number of rotatable bonds is 2. The van der Waals surface area contributed by atoms with Gasteiger partial charge < -0.3 is 5.11 Å². The molecule has 1 heterocycles. The van der Waals surface area contributed by atoms with Crippen molar-refractivity contribution in [3.05, 3.63) is 39.8 Å². The molecule has 2 aromatic rings. The Balaban J connectivity index is 2.37. The van der Waals surface area contributed by atoms with Gasteiger partial charge in [-0.05, 0) is 19.1 Å². The van der Waals surface area contributed by atoms with Crippen molar-refractivity contribution in [2.45, 2.75) is 13.0 Å². The standard InChI is InChI=1S/C11H10BrNOS/c1-7(14)10-6-13-11(15-10)8-3-2-4-9(12)5-8/h2-7,14H,1H3. The Hall–Kier alpha value is -0.710. The average molecular weight is 284 g/mol. The Morgan fingerprint density at radius 3 is 2.87 bits per heavy atom. The number of thiazole rings is 1. The van der Waals surface area contributed by atoms with Gasteiger partial charge in [-0.3, -0.25) is 0 Å². The van der Waals surface area contributed by atoms with Crippen LogP contribution in [0.4, 0.5) is 0 Å². The van der Waals surface area contributed by atoms with E-state index in [1.54, 1.807) is 13.1 Å². The lowest BCUT2D eigenvalue weighted by Crippen LogP contribution is -1.83. The lowest BCUT2D eigenvalue weighted by Gasteiger charge is -1.97. The minimum absolute atomic E-state index is 0.441. The lowest BCUT2D eigenvalue weighted by atomic mass is 10.2. The van der Waals surface area contributed by atoms with Crippen molar-refractivity contribution < 1.29 is 5.11 Å². The van der Waals surface area contributed by atoms with Crippen molar-refractivity contribution in [3.63, 3.8) is 0 Å². The molecule has 78 valence electrons. The van der Waals surface area contributed by atoms with Crippen LogP contribution in [-0.2, 0) is 0 Å². The van der Waals surface area contributed by atoms with Crippen LogP contribution in [0.2, 0.25) is 0 Å². The predicted molar refractivity (Wildman–Crippen MR) is 65.9 cm³/mol. The summed E-state index contributed by atoms with van der Waals surface area (Å²) in [5.41, 5.74) is 1.07. The Bertz CT molecular complexity index is 467. The van der Waals surface area contributed by atoms with Crippen LogP contribution in [0.15, 0.2) is 34.9 Å². The maximum atomic E-state index is 9.40. The molecule has 2 rings (SSSR count). The van der Waals surface area contributed by atoms with E-state index in [9.17, 15) is 5.11 Å². The quantitative estimate of drug-likeness (QED) is 0.913. The molecule has 1 unspecified atom stereocenters. The molecule has 0 aliphatic carbocycles. The summed E-state index contributed by atoms with van der Waals surface area (Å²) >= 11 is 4.94. The Morgan fingerprint density at radius 2 is 2.27 bits per heavy atom. The highest BCUT2D eigenvalue weighted by atomic mass is 79.9. The molecule has 0 amide bonds. The molecule has 0 aliphatic heterocycles. The van der Waals surface area contributed by atoms with E-state index in [1.165, 1.54) is 11.3 Å². The summed E-state index contributed by atoms with van der Waals surface area (Å²) in [6, 6.07) is 7.98. The van der Waals surface area contributed by atoms with E-state index in [4.69, 9.17) is 0 Å². The number of hydrogen-bond acceptors (Lipinski definition) is 3. The van der Waals surface area contributed by atoms with Crippen LogP contribution < -0.4 is 0 Å². The second kappa shape index (κ2) is 4.43. The fourth-order valence-corrected chi connectivity index (χ4v) is 2.48. The number of hydrogen-bond donors (Lipinski definition) is 1. The van der Waals surface area contributed by atoms with Crippen LogP contribution in [0.1, 0.15) is 17.9 Å². The van der Waals surface area contributed by atoms with Crippen LogP contribution in [0.25, 0.3) is 10.6 Å². The lowest BCUT2D eigenvalue weighted by molar-refractivity contribution is 0.203. The smallest absolute Gasteiger partial charge is 0.123 e. The molecular weight excluding hydrogens is 274 g/mol. The average Bonchev–Trinajstić information content (AvgIpc) is 2.66. The number of aromatic nitrogens is 1. The maximum absolute atomic E-state index is 9.40. The zero-order valence-electron chi connectivity index (χ0n) is 8.14. The Morgan fingerprint density at radius 1 is 1.47 bits per heavy atom. The molecule has 0 spiro atoms. The molecule has 1 atom stereocenters. The third-order valence-corrected chi connectivity index (χ3v) is 3.72. The van der Waals surface area contributed by atoms with Gasteiger partial charge in [0.2, 0.25) is 0 Å². The summed E-state index contributed by atoms with van der Waals surface area (Å²) in [5.74, 6) is 0. The molecule has 1 aromatic carbocycles. The fourth-order valence-electron chi connectivity index (χ4n) is 1.23.